The standard InChI is InChI=1S/C11H13N3.C9H7F3O2.C8H16/c1-8-12-10-7-5-4-6-9(10)11(13-8)14(2)3;1-6(13)7-4-2-3-5-8(7)14-9(10,11)12;1-7-3-5-8(2)6-4-7/h4-7H,1-3H3;2-5H,1H3;7-8H,3-6H2,1-2H3. The SMILES string of the molecule is CC(=O)c1ccccc1OC(F)(F)F.CC1CCC(C)CC1.Cc1nc(N(C)C)c2ccccc2n1. The summed E-state index contributed by atoms with van der Waals surface area (Å²) in [5, 5.41) is 1.10. The van der Waals surface area contributed by atoms with Gasteiger partial charge in [-0.1, -0.05) is 63.8 Å². The first-order chi connectivity index (χ1) is 16.9. The van der Waals surface area contributed by atoms with Gasteiger partial charge in [0.2, 0.25) is 0 Å². The third-order valence-corrected chi connectivity index (χ3v) is 5.92. The van der Waals surface area contributed by atoms with Gasteiger partial charge >= 0.3 is 6.36 Å². The number of Topliss-reactive ketones (excluding diaryl/α,β-unsaturated/α-hetero) is 1. The molecule has 0 bridgehead atoms. The van der Waals surface area contributed by atoms with Crippen LogP contribution >= 0.6 is 0 Å². The number of aryl methyl sites for hydroxylation is 1. The predicted molar refractivity (Wildman–Crippen MR) is 139 cm³/mol. The molecule has 0 N–H and O–H groups in total. The molecule has 0 radical (unpaired) electrons. The molecule has 1 aliphatic carbocycles. The third-order valence-electron chi connectivity index (χ3n) is 5.92. The van der Waals surface area contributed by atoms with Gasteiger partial charge in [0.25, 0.3) is 0 Å². The van der Waals surface area contributed by atoms with Gasteiger partial charge in [0, 0.05) is 19.5 Å². The molecule has 0 unspecified atom stereocenters. The molecule has 0 atom stereocenters. The fourth-order valence-electron chi connectivity index (χ4n) is 3.91. The van der Waals surface area contributed by atoms with E-state index in [0.29, 0.717) is 0 Å². The zero-order valence-corrected chi connectivity index (χ0v) is 21.9. The molecule has 0 amide bonds. The highest BCUT2D eigenvalue weighted by molar-refractivity contribution is 5.96. The van der Waals surface area contributed by atoms with Gasteiger partial charge in [0.15, 0.2) is 5.78 Å². The smallest absolute Gasteiger partial charge is 0.405 e. The lowest BCUT2D eigenvalue weighted by Crippen LogP contribution is -2.18. The van der Waals surface area contributed by atoms with Crippen LogP contribution in [-0.2, 0) is 0 Å². The van der Waals surface area contributed by atoms with Crippen molar-refractivity contribution in [1.29, 1.82) is 0 Å². The summed E-state index contributed by atoms with van der Waals surface area (Å²) in [7, 11) is 3.99. The number of hydrogen-bond donors (Lipinski definition) is 0. The first-order valence-corrected chi connectivity index (χ1v) is 12.1. The van der Waals surface area contributed by atoms with Crippen molar-refractivity contribution in [1.82, 2.24) is 9.97 Å². The van der Waals surface area contributed by atoms with Gasteiger partial charge in [0.05, 0.1) is 11.1 Å². The van der Waals surface area contributed by atoms with E-state index in [2.05, 4.69) is 28.6 Å². The van der Waals surface area contributed by atoms with E-state index in [1.165, 1.54) is 50.8 Å². The van der Waals surface area contributed by atoms with Gasteiger partial charge in [-0.25, -0.2) is 9.97 Å². The average Bonchev–Trinajstić information content (AvgIpc) is 2.80. The predicted octanol–water partition coefficient (Wildman–Crippen LogP) is 7.62. The number of hydrogen-bond acceptors (Lipinski definition) is 5. The topological polar surface area (TPSA) is 55.3 Å². The van der Waals surface area contributed by atoms with Crippen molar-refractivity contribution >= 4 is 22.5 Å². The van der Waals surface area contributed by atoms with Gasteiger partial charge in [-0.05, 0) is 49.9 Å². The van der Waals surface area contributed by atoms with Crippen LogP contribution in [0.2, 0.25) is 0 Å². The minimum atomic E-state index is -4.77. The number of nitrogens with zero attached hydrogens (tertiary/aromatic N) is 3. The number of fused-ring (bicyclic) bond motifs is 1. The third kappa shape index (κ3) is 9.47. The molecular formula is C28H36F3N3O2. The van der Waals surface area contributed by atoms with Crippen LogP contribution in [0.1, 0.15) is 62.6 Å². The quantitative estimate of drug-likeness (QED) is 0.344. The Morgan fingerprint density at radius 1 is 0.917 bits per heavy atom. The van der Waals surface area contributed by atoms with Gasteiger partial charge in [0.1, 0.15) is 17.4 Å². The number of ether oxygens (including phenoxy) is 1. The molecule has 1 aliphatic rings. The molecule has 1 saturated carbocycles. The normalized spacial score (nSPS) is 17.2. The van der Waals surface area contributed by atoms with Crippen LogP contribution in [0, 0.1) is 18.8 Å². The number of aromatic nitrogens is 2. The Morgan fingerprint density at radius 2 is 1.44 bits per heavy atom. The molecule has 5 nitrogen and oxygen atoms in total. The molecule has 1 aromatic heterocycles. The Hall–Kier alpha value is -3.16. The van der Waals surface area contributed by atoms with Crippen molar-refractivity contribution < 1.29 is 22.7 Å². The van der Waals surface area contributed by atoms with Crippen LogP contribution in [0.4, 0.5) is 19.0 Å². The maximum Gasteiger partial charge on any atom is 0.573 e. The highest BCUT2D eigenvalue weighted by Gasteiger charge is 2.32. The van der Waals surface area contributed by atoms with E-state index < -0.39 is 17.9 Å². The monoisotopic (exact) mass is 503 g/mol. The van der Waals surface area contributed by atoms with E-state index in [0.717, 1.165) is 40.4 Å². The van der Waals surface area contributed by atoms with Crippen LogP contribution in [-0.4, -0.2) is 36.2 Å². The van der Waals surface area contributed by atoms with Crippen molar-refractivity contribution in [3.05, 3.63) is 59.9 Å². The van der Waals surface area contributed by atoms with Crippen LogP contribution < -0.4 is 9.64 Å². The molecule has 3 aromatic rings. The van der Waals surface area contributed by atoms with Crippen LogP contribution in [0.5, 0.6) is 5.75 Å². The molecule has 4 rings (SSSR count). The van der Waals surface area contributed by atoms with Gasteiger partial charge in [-0.3, -0.25) is 4.79 Å². The fourth-order valence-corrected chi connectivity index (χ4v) is 3.91. The second-order valence-corrected chi connectivity index (χ2v) is 9.47. The number of ketones is 1. The largest absolute Gasteiger partial charge is 0.573 e. The van der Waals surface area contributed by atoms with Crippen LogP contribution in [0.15, 0.2) is 48.5 Å². The zero-order valence-electron chi connectivity index (χ0n) is 21.9. The number of benzene rings is 2. The van der Waals surface area contributed by atoms with Crippen molar-refractivity contribution in [3.8, 4) is 5.75 Å². The number of carbonyl (C=O) groups is 1. The Morgan fingerprint density at radius 3 is 1.97 bits per heavy atom. The Kier molecular flexibility index (Phi) is 10.7. The van der Waals surface area contributed by atoms with Gasteiger partial charge in [-0.15, -0.1) is 13.2 Å². The summed E-state index contributed by atoms with van der Waals surface area (Å²) in [6.07, 6.45) is 1.12. The number of carbonyl (C=O) groups excluding carboxylic acids is 1. The lowest BCUT2D eigenvalue weighted by atomic mass is 9.84. The summed E-state index contributed by atoms with van der Waals surface area (Å²) in [5.41, 5.74) is 0.925. The van der Waals surface area contributed by atoms with E-state index in [9.17, 15) is 18.0 Å². The summed E-state index contributed by atoms with van der Waals surface area (Å²) >= 11 is 0. The number of alkyl halides is 3. The molecule has 0 saturated heterocycles. The first kappa shape index (κ1) is 29.1. The molecule has 0 aliphatic heterocycles. The molecule has 1 heterocycles. The Bertz CT molecular complexity index is 1110. The summed E-state index contributed by atoms with van der Waals surface area (Å²) in [5.74, 6) is 2.90. The maximum atomic E-state index is 11.9. The second-order valence-electron chi connectivity index (χ2n) is 9.47. The molecular weight excluding hydrogens is 467 g/mol. The summed E-state index contributed by atoms with van der Waals surface area (Å²) in [4.78, 5) is 21.7. The minimum Gasteiger partial charge on any atom is -0.405 e. The van der Waals surface area contributed by atoms with E-state index in [1.807, 2.05) is 50.2 Å². The summed E-state index contributed by atoms with van der Waals surface area (Å²) in [6, 6.07) is 13.3. The van der Waals surface area contributed by atoms with Crippen molar-refractivity contribution in [2.75, 3.05) is 19.0 Å². The number of anilines is 1. The summed E-state index contributed by atoms with van der Waals surface area (Å²) < 4.78 is 39.2. The van der Waals surface area contributed by atoms with E-state index in [-0.39, 0.29) is 5.56 Å². The zero-order chi connectivity index (χ0) is 26.9. The number of rotatable bonds is 3. The van der Waals surface area contributed by atoms with Gasteiger partial charge in [-0.2, -0.15) is 0 Å². The summed E-state index contributed by atoms with van der Waals surface area (Å²) in [6.45, 7) is 7.83. The van der Waals surface area contributed by atoms with Crippen LogP contribution in [0.3, 0.4) is 0 Å². The maximum absolute atomic E-state index is 11.9. The lowest BCUT2D eigenvalue weighted by Gasteiger charge is -2.22. The van der Waals surface area contributed by atoms with Crippen molar-refractivity contribution in [2.24, 2.45) is 11.8 Å². The van der Waals surface area contributed by atoms with E-state index in [1.54, 1.807) is 0 Å². The minimum absolute atomic E-state index is 0.0789. The molecule has 2 aromatic carbocycles. The molecule has 1 fully saturated rings. The lowest BCUT2D eigenvalue weighted by molar-refractivity contribution is -0.274. The number of para-hydroxylation sites is 2. The molecule has 0 spiro atoms. The molecule has 196 valence electrons. The Labute approximate surface area is 211 Å². The van der Waals surface area contributed by atoms with Crippen molar-refractivity contribution in [3.63, 3.8) is 0 Å². The highest BCUT2D eigenvalue weighted by atomic mass is 19.4. The Balaban J connectivity index is 0.000000198. The molecule has 36 heavy (non-hydrogen) atoms. The first-order valence-electron chi connectivity index (χ1n) is 12.1. The van der Waals surface area contributed by atoms with Crippen molar-refractivity contribution in [2.45, 2.75) is 59.7 Å². The van der Waals surface area contributed by atoms with Gasteiger partial charge < -0.3 is 9.64 Å². The molecule has 8 heteroatoms. The average molecular weight is 504 g/mol. The van der Waals surface area contributed by atoms with E-state index in [4.69, 9.17) is 0 Å². The van der Waals surface area contributed by atoms with E-state index >= 15 is 0 Å². The van der Waals surface area contributed by atoms with Crippen LogP contribution in [0.25, 0.3) is 10.9 Å². The number of halogens is 3. The highest BCUT2D eigenvalue weighted by Crippen LogP contribution is 2.27. The second kappa shape index (κ2) is 13.2. The fraction of sp³-hybridized carbons (Fsp3) is 0.464.